The molecule has 2 nitrogen and oxygen atoms in total. The zero-order valence-corrected chi connectivity index (χ0v) is 13.1. The van der Waals surface area contributed by atoms with Crippen molar-refractivity contribution in [3.8, 4) is 0 Å². The topological polar surface area (TPSA) is 6.48 Å². The number of hydrogen-bond donors (Lipinski definition) is 0. The first-order valence-electron chi connectivity index (χ1n) is 6.78. The number of nitrogens with zero attached hydrogens (tertiary/aromatic N) is 2. The molecule has 1 heterocycles. The molecule has 0 spiro atoms. The van der Waals surface area contributed by atoms with Gasteiger partial charge in [0.25, 0.3) is 0 Å². The molecular formula is C14H17BrF4N2. The first-order valence-corrected chi connectivity index (χ1v) is 7.57. The van der Waals surface area contributed by atoms with E-state index < -0.39 is 12.7 Å². The van der Waals surface area contributed by atoms with Gasteiger partial charge in [-0.25, -0.2) is 4.39 Å². The quantitative estimate of drug-likeness (QED) is 0.752. The molecule has 7 heteroatoms. The van der Waals surface area contributed by atoms with E-state index in [9.17, 15) is 17.6 Å². The zero-order chi connectivity index (χ0) is 15.5. The van der Waals surface area contributed by atoms with Crippen LogP contribution in [0.25, 0.3) is 0 Å². The van der Waals surface area contributed by atoms with Gasteiger partial charge < -0.3 is 4.90 Å². The Bertz CT molecular complexity index is 450. The largest absolute Gasteiger partial charge is 0.401 e. The molecule has 118 valence electrons. The Labute approximate surface area is 129 Å². The van der Waals surface area contributed by atoms with Crippen molar-refractivity contribution in [3.63, 3.8) is 0 Å². The molecule has 0 N–H and O–H groups in total. The normalized spacial score (nSPS) is 18.1. The van der Waals surface area contributed by atoms with E-state index in [2.05, 4.69) is 20.8 Å². The van der Waals surface area contributed by atoms with Crippen LogP contribution in [-0.2, 0) is 6.42 Å². The van der Waals surface area contributed by atoms with Crippen molar-refractivity contribution in [2.45, 2.75) is 12.6 Å². The second kappa shape index (κ2) is 7.07. The van der Waals surface area contributed by atoms with Crippen LogP contribution in [0.1, 0.15) is 5.56 Å². The third kappa shape index (κ3) is 5.92. The maximum absolute atomic E-state index is 13.2. The minimum absolute atomic E-state index is 0.283. The monoisotopic (exact) mass is 368 g/mol. The molecule has 1 saturated heterocycles. The maximum Gasteiger partial charge on any atom is 0.401 e. The molecule has 1 aromatic carbocycles. The summed E-state index contributed by atoms with van der Waals surface area (Å²) in [7, 11) is 0. The van der Waals surface area contributed by atoms with Crippen LogP contribution in [0.15, 0.2) is 22.7 Å². The Hall–Kier alpha value is -0.660. The molecule has 1 aliphatic rings. The van der Waals surface area contributed by atoms with Crippen LogP contribution < -0.4 is 0 Å². The molecule has 0 aliphatic carbocycles. The molecular weight excluding hydrogens is 352 g/mol. The first kappa shape index (κ1) is 16.7. The highest BCUT2D eigenvalue weighted by molar-refractivity contribution is 9.10. The molecule has 1 fully saturated rings. The van der Waals surface area contributed by atoms with E-state index >= 15 is 0 Å². The van der Waals surface area contributed by atoms with Gasteiger partial charge in [0, 0.05) is 37.2 Å². The van der Waals surface area contributed by atoms with E-state index in [-0.39, 0.29) is 5.82 Å². The van der Waals surface area contributed by atoms with Gasteiger partial charge in [-0.15, -0.1) is 0 Å². The number of piperazine rings is 1. The Morgan fingerprint density at radius 1 is 1.00 bits per heavy atom. The van der Waals surface area contributed by atoms with Crippen molar-refractivity contribution in [1.82, 2.24) is 9.80 Å². The first-order chi connectivity index (χ1) is 9.82. The number of benzene rings is 1. The summed E-state index contributed by atoms with van der Waals surface area (Å²) < 4.78 is 50.8. The summed E-state index contributed by atoms with van der Waals surface area (Å²) in [4.78, 5) is 3.54. The maximum atomic E-state index is 13.2. The van der Waals surface area contributed by atoms with Gasteiger partial charge in [0.2, 0.25) is 0 Å². The van der Waals surface area contributed by atoms with Gasteiger partial charge in [0.15, 0.2) is 0 Å². The summed E-state index contributed by atoms with van der Waals surface area (Å²) in [6, 6.07) is 4.76. The number of hydrogen-bond acceptors (Lipinski definition) is 2. The fourth-order valence-corrected chi connectivity index (χ4v) is 2.98. The standard InChI is InChI=1S/C14H17BrF4N2/c15-12-7-11(8-13(16)9-12)1-2-20-3-5-21(6-4-20)10-14(17,18)19/h7-9H,1-6,10H2. The highest BCUT2D eigenvalue weighted by Crippen LogP contribution is 2.18. The predicted octanol–water partition coefficient (Wildman–Crippen LogP) is 3.31. The minimum atomic E-state index is -4.13. The summed E-state index contributed by atoms with van der Waals surface area (Å²) >= 11 is 3.25. The molecule has 0 atom stereocenters. The fraction of sp³-hybridized carbons (Fsp3) is 0.571. The smallest absolute Gasteiger partial charge is 0.300 e. The van der Waals surface area contributed by atoms with Gasteiger partial charge in [-0.3, -0.25) is 4.90 Å². The molecule has 0 bridgehead atoms. The highest BCUT2D eigenvalue weighted by atomic mass is 79.9. The van der Waals surface area contributed by atoms with Crippen LogP contribution in [0.4, 0.5) is 17.6 Å². The average Bonchev–Trinajstić information content (AvgIpc) is 2.35. The van der Waals surface area contributed by atoms with Crippen LogP contribution in [0, 0.1) is 5.82 Å². The molecule has 0 saturated carbocycles. The van der Waals surface area contributed by atoms with E-state index in [1.807, 2.05) is 6.07 Å². The molecule has 2 rings (SSSR count). The molecule has 1 aromatic rings. The molecule has 21 heavy (non-hydrogen) atoms. The van der Waals surface area contributed by atoms with E-state index in [1.54, 1.807) is 0 Å². The Morgan fingerprint density at radius 2 is 1.62 bits per heavy atom. The van der Waals surface area contributed by atoms with Gasteiger partial charge in [-0.05, 0) is 30.2 Å². The van der Waals surface area contributed by atoms with Gasteiger partial charge >= 0.3 is 6.18 Å². The second-order valence-electron chi connectivity index (χ2n) is 5.26. The van der Waals surface area contributed by atoms with E-state index in [0.717, 1.165) is 12.1 Å². The lowest BCUT2D eigenvalue weighted by Gasteiger charge is -2.34. The highest BCUT2D eigenvalue weighted by Gasteiger charge is 2.31. The predicted molar refractivity (Wildman–Crippen MR) is 76.7 cm³/mol. The lowest BCUT2D eigenvalue weighted by Crippen LogP contribution is -2.49. The molecule has 0 aromatic heterocycles. The number of alkyl halides is 3. The minimum Gasteiger partial charge on any atom is -0.300 e. The summed E-state index contributed by atoms with van der Waals surface area (Å²) in [6.07, 6.45) is -3.44. The fourth-order valence-electron chi connectivity index (χ4n) is 2.47. The van der Waals surface area contributed by atoms with Crippen LogP contribution in [0.5, 0.6) is 0 Å². The van der Waals surface area contributed by atoms with Crippen molar-refractivity contribution < 1.29 is 17.6 Å². The molecule has 0 amide bonds. The summed E-state index contributed by atoms with van der Waals surface area (Å²) in [6.45, 7) is 1.98. The molecule has 0 unspecified atom stereocenters. The van der Waals surface area contributed by atoms with Gasteiger partial charge in [0.05, 0.1) is 6.54 Å². The Balaban J connectivity index is 1.76. The second-order valence-corrected chi connectivity index (χ2v) is 6.18. The van der Waals surface area contributed by atoms with Crippen molar-refractivity contribution in [2.24, 2.45) is 0 Å². The van der Waals surface area contributed by atoms with E-state index in [0.29, 0.717) is 37.1 Å². The summed E-state index contributed by atoms with van der Waals surface area (Å²) in [5.41, 5.74) is 0.889. The van der Waals surface area contributed by atoms with Gasteiger partial charge in [0.1, 0.15) is 5.82 Å². The number of halogens is 5. The third-order valence-corrected chi connectivity index (χ3v) is 3.96. The zero-order valence-electron chi connectivity index (χ0n) is 11.5. The van der Waals surface area contributed by atoms with Crippen LogP contribution >= 0.6 is 15.9 Å². The van der Waals surface area contributed by atoms with Crippen LogP contribution in [0.3, 0.4) is 0 Å². The molecule has 0 radical (unpaired) electrons. The van der Waals surface area contributed by atoms with Gasteiger partial charge in [-0.1, -0.05) is 15.9 Å². The lowest BCUT2D eigenvalue weighted by molar-refractivity contribution is -0.149. The van der Waals surface area contributed by atoms with Crippen LogP contribution in [-0.4, -0.2) is 55.2 Å². The Morgan fingerprint density at radius 3 is 2.19 bits per heavy atom. The molecule has 1 aliphatic heterocycles. The van der Waals surface area contributed by atoms with Crippen molar-refractivity contribution in [3.05, 3.63) is 34.1 Å². The summed E-state index contributed by atoms with van der Waals surface area (Å²) in [5.74, 6) is -0.283. The van der Waals surface area contributed by atoms with Crippen molar-refractivity contribution >= 4 is 15.9 Å². The average molecular weight is 369 g/mol. The van der Waals surface area contributed by atoms with Crippen molar-refractivity contribution in [2.75, 3.05) is 39.3 Å². The lowest BCUT2D eigenvalue weighted by atomic mass is 10.1. The van der Waals surface area contributed by atoms with E-state index in [4.69, 9.17) is 0 Å². The third-order valence-electron chi connectivity index (χ3n) is 3.51. The SMILES string of the molecule is Fc1cc(Br)cc(CCN2CCN(CC(F)(F)F)CC2)c1. The van der Waals surface area contributed by atoms with E-state index in [1.165, 1.54) is 17.0 Å². The van der Waals surface area contributed by atoms with Crippen LogP contribution in [0.2, 0.25) is 0 Å². The van der Waals surface area contributed by atoms with Gasteiger partial charge in [-0.2, -0.15) is 13.2 Å². The number of rotatable bonds is 4. The van der Waals surface area contributed by atoms with Crippen molar-refractivity contribution in [1.29, 1.82) is 0 Å². The Kier molecular flexibility index (Phi) is 5.62. The summed E-state index contributed by atoms with van der Waals surface area (Å²) in [5, 5.41) is 0.